The van der Waals surface area contributed by atoms with Crippen molar-refractivity contribution < 1.29 is 0 Å². The molecule has 0 fully saturated rings. The third kappa shape index (κ3) is 2.87. The van der Waals surface area contributed by atoms with Gasteiger partial charge in [0.25, 0.3) is 0 Å². The normalized spacial score (nSPS) is 11.6. The number of benzene rings is 2. The van der Waals surface area contributed by atoms with Gasteiger partial charge in [0.1, 0.15) is 0 Å². The Morgan fingerprint density at radius 1 is 0.760 bits per heavy atom. The summed E-state index contributed by atoms with van der Waals surface area (Å²) in [6.07, 6.45) is 5.73. The molecule has 124 valence electrons. The molecule has 4 heteroatoms. The van der Waals surface area contributed by atoms with Gasteiger partial charge >= 0.3 is 0 Å². The molecule has 0 amide bonds. The number of aromatic nitrogens is 4. The lowest BCUT2D eigenvalue weighted by atomic mass is 9.82. The summed E-state index contributed by atoms with van der Waals surface area (Å²) in [5, 5.41) is 9.13. The second-order valence-electron chi connectivity index (χ2n) is 6.61. The maximum atomic E-state index is 4.84. The molecular weight excluding hydrogens is 308 g/mol. The van der Waals surface area contributed by atoms with E-state index in [1.807, 2.05) is 46.0 Å². The first-order valence-corrected chi connectivity index (χ1v) is 8.37. The summed E-state index contributed by atoms with van der Waals surface area (Å²) in [4.78, 5) is 0. The monoisotopic (exact) mass is 328 g/mol. The van der Waals surface area contributed by atoms with Crippen molar-refractivity contribution in [2.45, 2.75) is 19.3 Å². The molecular formula is C21H20N4. The largest absolute Gasteiger partial charge is 0.241 e. The zero-order chi connectivity index (χ0) is 17.3. The Labute approximate surface area is 147 Å². The Kier molecular flexibility index (Phi) is 3.73. The molecule has 4 nitrogen and oxygen atoms in total. The molecule has 4 aromatic rings. The van der Waals surface area contributed by atoms with E-state index in [2.05, 4.69) is 61.4 Å². The van der Waals surface area contributed by atoms with Crippen LogP contribution < -0.4 is 0 Å². The quantitative estimate of drug-likeness (QED) is 0.557. The Bertz CT molecular complexity index is 966. The Morgan fingerprint density at radius 3 is 2.24 bits per heavy atom. The molecule has 0 unspecified atom stereocenters. The summed E-state index contributed by atoms with van der Waals surface area (Å²) in [6.45, 7) is 4.41. The smallest absolute Gasteiger partial charge is 0.0728 e. The lowest BCUT2D eigenvalue weighted by Gasteiger charge is -2.23. The lowest BCUT2D eigenvalue weighted by molar-refractivity contribution is 0.605. The van der Waals surface area contributed by atoms with Gasteiger partial charge in [0, 0.05) is 24.0 Å². The second-order valence-corrected chi connectivity index (χ2v) is 6.61. The first-order chi connectivity index (χ1) is 12.1. The molecule has 0 spiro atoms. The molecule has 2 heterocycles. The van der Waals surface area contributed by atoms with E-state index in [0.717, 1.165) is 17.1 Å². The minimum absolute atomic E-state index is 0.147. The predicted octanol–water partition coefficient (Wildman–Crippen LogP) is 4.38. The van der Waals surface area contributed by atoms with E-state index in [9.17, 15) is 0 Å². The molecule has 0 aliphatic rings. The molecule has 0 atom stereocenters. The maximum absolute atomic E-state index is 4.84. The van der Waals surface area contributed by atoms with E-state index >= 15 is 0 Å². The number of rotatable bonds is 4. The molecule has 0 bridgehead atoms. The molecule has 0 saturated carbocycles. The van der Waals surface area contributed by atoms with Gasteiger partial charge in [-0.25, -0.2) is 9.36 Å². The van der Waals surface area contributed by atoms with Crippen LogP contribution in [0.25, 0.3) is 11.4 Å². The van der Waals surface area contributed by atoms with Crippen LogP contribution in [0.4, 0.5) is 0 Å². The summed E-state index contributed by atoms with van der Waals surface area (Å²) < 4.78 is 3.77. The van der Waals surface area contributed by atoms with Crippen molar-refractivity contribution in [2.24, 2.45) is 0 Å². The Morgan fingerprint density at radius 2 is 1.52 bits per heavy atom. The van der Waals surface area contributed by atoms with Gasteiger partial charge in [0.2, 0.25) is 0 Å². The van der Waals surface area contributed by atoms with Crippen LogP contribution >= 0.6 is 0 Å². The third-order valence-electron chi connectivity index (χ3n) is 4.59. The van der Waals surface area contributed by atoms with Crippen LogP contribution in [0.3, 0.4) is 0 Å². The fourth-order valence-electron chi connectivity index (χ4n) is 3.00. The minimum Gasteiger partial charge on any atom is -0.241 e. The highest BCUT2D eigenvalue weighted by molar-refractivity contribution is 5.43. The SMILES string of the molecule is CC(C)(c1ccccc1)c1ccn(-c2cccc(-n3cccn3)c2)n1. The molecule has 4 rings (SSSR count). The molecule has 0 N–H and O–H groups in total. The van der Waals surface area contributed by atoms with Gasteiger partial charge in [-0.2, -0.15) is 10.2 Å². The Hall–Kier alpha value is -3.14. The summed E-state index contributed by atoms with van der Waals surface area (Å²) >= 11 is 0. The topological polar surface area (TPSA) is 35.6 Å². The number of nitrogens with zero attached hydrogens (tertiary/aromatic N) is 4. The molecule has 2 aromatic carbocycles. The van der Waals surface area contributed by atoms with Crippen LogP contribution in [0.5, 0.6) is 0 Å². The lowest BCUT2D eigenvalue weighted by Crippen LogP contribution is -2.19. The van der Waals surface area contributed by atoms with Crippen LogP contribution in [-0.4, -0.2) is 19.6 Å². The average molecular weight is 328 g/mol. The highest BCUT2D eigenvalue weighted by Gasteiger charge is 2.25. The summed E-state index contributed by atoms with van der Waals surface area (Å²) in [5.74, 6) is 0. The van der Waals surface area contributed by atoms with Crippen LogP contribution in [0.2, 0.25) is 0 Å². The molecule has 0 aliphatic heterocycles. The van der Waals surface area contributed by atoms with Crippen LogP contribution in [-0.2, 0) is 5.41 Å². The second kappa shape index (κ2) is 6.06. The van der Waals surface area contributed by atoms with E-state index in [0.29, 0.717) is 0 Å². The molecule has 0 aliphatic carbocycles. The maximum Gasteiger partial charge on any atom is 0.0728 e. The molecule has 25 heavy (non-hydrogen) atoms. The van der Waals surface area contributed by atoms with E-state index < -0.39 is 0 Å². The van der Waals surface area contributed by atoms with Gasteiger partial charge < -0.3 is 0 Å². The van der Waals surface area contributed by atoms with Crippen molar-refractivity contribution in [3.8, 4) is 11.4 Å². The van der Waals surface area contributed by atoms with Gasteiger partial charge in [0.15, 0.2) is 0 Å². The fourth-order valence-corrected chi connectivity index (χ4v) is 3.00. The van der Waals surface area contributed by atoms with Crippen molar-refractivity contribution >= 4 is 0 Å². The summed E-state index contributed by atoms with van der Waals surface area (Å²) in [5.41, 5.74) is 4.19. The van der Waals surface area contributed by atoms with Crippen molar-refractivity contribution in [1.82, 2.24) is 19.6 Å². The average Bonchev–Trinajstić information content (AvgIpc) is 3.35. The summed E-state index contributed by atoms with van der Waals surface area (Å²) in [7, 11) is 0. The van der Waals surface area contributed by atoms with Gasteiger partial charge in [-0.1, -0.05) is 50.2 Å². The number of hydrogen-bond donors (Lipinski definition) is 0. The fraction of sp³-hybridized carbons (Fsp3) is 0.143. The highest BCUT2D eigenvalue weighted by Crippen LogP contribution is 2.30. The minimum atomic E-state index is -0.147. The standard InChI is InChI=1S/C21H20N4/c1-21(2,17-8-4-3-5-9-17)20-12-15-25(23-20)19-11-6-10-18(16-19)24-14-7-13-22-24/h3-16H,1-2H3. The third-order valence-corrected chi connectivity index (χ3v) is 4.59. The van der Waals surface area contributed by atoms with E-state index in [1.165, 1.54) is 5.56 Å². The van der Waals surface area contributed by atoms with Gasteiger partial charge in [-0.3, -0.25) is 0 Å². The Balaban J connectivity index is 1.69. The van der Waals surface area contributed by atoms with Gasteiger partial charge in [0.05, 0.1) is 17.1 Å². The highest BCUT2D eigenvalue weighted by atomic mass is 15.3. The van der Waals surface area contributed by atoms with Crippen LogP contribution in [0, 0.1) is 0 Å². The van der Waals surface area contributed by atoms with Crippen LogP contribution in [0.15, 0.2) is 85.3 Å². The number of hydrogen-bond acceptors (Lipinski definition) is 2. The zero-order valence-corrected chi connectivity index (χ0v) is 14.4. The van der Waals surface area contributed by atoms with Crippen molar-refractivity contribution in [3.05, 3.63) is 96.6 Å². The van der Waals surface area contributed by atoms with Crippen molar-refractivity contribution in [2.75, 3.05) is 0 Å². The first-order valence-electron chi connectivity index (χ1n) is 8.37. The summed E-state index contributed by atoms with van der Waals surface area (Å²) in [6, 6.07) is 22.7. The molecule has 0 saturated heterocycles. The zero-order valence-electron chi connectivity index (χ0n) is 14.4. The molecule has 0 radical (unpaired) electrons. The van der Waals surface area contributed by atoms with E-state index in [1.54, 1.807) is 6.20 Å². The van der Waals surface area contributed by atoms with Gasteiger partial charge in [-0.05, 0) is 35.9 Å². The van der Waals surface area contributed by atoms with Crippen molar-refractivity contribution in [3.63, 3.8) is 0 Å². The van der Waals surface area contributed by atoms with E-state index in [-0.39, 0.29) is 5.41 Å². The van der Waals surface area contributed by atoms with Crippen LogP contribution in [0.1, 0.15) is 25.1 Å². The van der Waals surface area contributed by atoms with Gasteiger partial charge in [-0.15, -0.1) is 0 Å². The molecule has 2 aromatic heterocycles. The van der Waals surface area contributed by atoms with E-state index in [4.69, 9.17) is 5.10 Å². The predicted molar refractivity (Wildman–Crippen MR) is 99.3 cm³/mol. The van der Waals surface area contributed by atoms with Crippen molar-refractivity contribution in [1.29, 1.82) is 0 Å². The first kappa shape index (κ1) is 15.4.